The lowest BCUT2D eigenvalue weighted by atomic mass is 10.2. The first-order valence-corrected chi connectivity index (χ1v) is 11.2. The first-order valence-electron chi connectivity index (χ1n) is 8.30. The highest BCUT2D eigenvalue weighted by Crippen LogP contribution is 2.18. The van der Waals surface area contributed by atoms with E-state index >= 15 is 0 Å². The molecule has 24 heavy (non-hydrogen) atoms. The smallest absolute Gasteiger partial charge is 0.241 e. The Balaban J connectivity index is 2.08. The van der Waals surface area contributed by atoms with Crippen LogP contribution >= 0.6 is 11.8 Å². The molecule has 1 saturated carbocycles. The molecule has 1 unspecified atom stereocenters. The molecular weight excluding hydrogens is 344 g/mol. The van der Waals surface area contributed by atoms with Gasteiger partial charge in [0.2, 0.25) is 15.9 Å². The number of carbonyl (C=O) groups excluding carboxylic acids is 1. The Labute approximate surface area is 149 Å². The molecule has 0 heterocycles. The van der Waals surface area contributed by atoms with Crippen molar-refractivity contribution in [2.24, 2.45) is 0 Å². The van der Waals surface area contributed by atoms with E-state index in [4.69, 9.17) is 0 Å². The molecule has 0 radical (unpaired) electrons. The van der Waals surface area contributed by atoms with E-state index < -0.39 is 16.1 Å². The molecule has 1 aromatic rings. The van der Waals surface area contributed by atoms with E-state index in [1.807, 2.05) is 13.2 Å². The minimum atomic E-state index is -3.71. The molecule has 2 N–H and O–H groups in total. The zero-order valence-corrected chi connectivity index (χ0v) is 15.9. The summed E-state index contributed by atoms with van der Waals surface area (Å²) in [7, 11) is -3.71. The third-order valence-corrected chi connectivity index (χ3v) is 6.39. The van der Waals surface area contributed by atoms with Gasteiger partial charge in [0.15, 0.2) is 0 Å². The van der Waals surface area contributed by atoms with Crippen molar-refractivity contribution >= 4 is 27.7 Å². The Morgan fingerprint density at radius 1 is 1.25 bits per heavy atom. The van der Waals surface area contributed by atoms with Crippen LogP contribution in [-0.2, 0) is 14.8 Å². The fourth-order valence-electron chi connectivity index (χ4n) is 2.82. The van der Waals surface area contributed by atoms with Crippen LogP contribution in [0.15, 0.2) is 29.2 Å². The molecule has 0 aliphatic heterocycles. The summed E-state index contributed by atoms with van der Waals surface area (Å²) in [5, 5.41) is 3.00. The van der Waals surface area contributed by atoms with E-state index in [9.17, 15) is 13.2 Å². The summed E-state index contributed by atoms with van der Waals surface area (Å²) in [6, 6.07) is 6.09. The van der Waals surface area contributed by atoms with Crippen molar-refractivity contribution in [2.75, 3.05) is 12.0 Å². The quantitative estimate of drug-likeness (QED) is 0.737. The number of rotatable bonds is 8. The van der Waals surface area contributed by atoms with Crippen LogP contribution in [0.4, 0.5) is 0 Å². The van der Waals surface area contributed by atoms with Gasteiger partial charge in [-0.15, -0.1) is 0 Å². The van der Waals surface area contributed by atoms with Crippen molar-refractivity contribution in [1.29, 1.82) is 0 Å². The van der Waals surface area contributed by atoms with Crippen molar-refractivity contribution in [2.45, 2.75) is 56.0 Å². The summed E-state index contributed by atoms with van der Waals surface area (Å²) in [4.78, 5) is 12.7. The lowest BCUT2D eigenvalue weighted by molar-refractivity contribution is -0.123. The van der Waals surface area contributed by atoms with Crippen LogP contribution in [-0.4, -0.2) is 38.4 Å². The fourth-order valence-corrected chi connectivity index (χ4v) is 4.53. The number of aryl methyl sites for hydroxylation is 1. The van der Waals surface area contributed by atoms with Gasteiger partial charge in [-0.3, -0.25) is 4.79 Å². The molecule has 0 bridgehead atoms. The van der Waals surface area contributed by atoms with Gasteiger partial charge in [-0.2, -0.15) is 16.5 Å². The van der Waals surface area contributed by atoms with Gasteiger partial charge in [-0.25, -0.2) is 8.42 Å². The zero-order chi connectivity index (χ0) is 17.6. The van der Waals surface area contributed by atoms with E-state index in [1.165, 1.54) is 0 Å². The number of thioether (sulfide) groups is 1. The van der Waals surface area contributed by atoms with Crippen LogP contribution in [0.3, 0.4) is 0 Å². The Hall–Kier alpha value is -1.05. The first kappa shape index (κ1) is 19.3. The van der Waals surface area contributed by atoms with Crippen LogP contribution in [0.1, 0.15) is 37.7 Å². The number of sulfonamides is 1. The maximum Gasteiger partial charge on any atom is 0.241 e. The highest BCUT2D eigenvalue weighted by Gasteiger charge is 2.27. The molecule has 5 nitrogen and oxygen atoms in total. The SMILES string of the molecule is CSCCC(NS(=O)(=O)c1ccc(C)cc1)C(=O)NC1CCCC1. The normalized spacial score (nSPS) is 16.9. The topological polar surface area (TPSA) is 75.3 Å². The second kappa shape index (κ2) is 8.87. The summed E-state index contributed by atoms with van der Waals surface area (Å²) >= 11 is 1.60. The maximum atomic E-state index is 12.6. The third-order valence-electron chi connectivity index (χ3n) is 4.26. The second-order valence-corrected chi connectivity index (χ2v) is 8.96. The van der Waals surface area contributed by atoms with Crippen LogP contribution in [0, 0.1) is 6.92 Å². The van der Waals surface area contributed by atoms with Crippen molar-refractivity contribution in [3.63, 3.8) is 0 Å². The molecule has 1 aromatic carbocycles. The summed E-state index contributed by atoms with van der Waals surface area (Å²) < 4.78 is 27.7. The summed E-state index contributed by atoms with van der Waals surface area (Å²) in [5.74, 6) is 0.505. The van der Waals surface area contributed by atoms with Gasteiger partial charge in [0.25, 0.3) is 0 Å². The predicted molar refractivity (Wildman–Crippen MR) is 98.7 cm³/mol. The molecule has 1 aliphatic rings. The Kier molecular flexibility index (Phi) is 7.13. The molecular formula is C17H26N2O3S2. The number of benzene rings is 1. The van der Waals surface area contributed by atoms with E-state index in [2.05, 4.69) is 10.0 Å². The molecule has 1 aliphatic carbocycles. The van der Waals surface area contributed by atoms with E-state index in [0.717, 1.165) is 37.0 Å². The molecule has 1 fully saturated rings. The van der Waals surface area contributed by atoms with Gasteiger partial charge in [0.05, 0.1) is 4.90 Å². The van der Waals surface area contributed by atoms with Crippen molar-refractivity contribution < 1.29 is 13.2 Å². The average Bonchev–Trinajstić information content (AvgIpc) is 3.04. The van der Waals surface area contributed by atoms with E-state index in [1.54, 1.807) is 36.0 Å². The molecule has 1 amide bonds. The fraction of sp³-hybridized carbons (Fsp3) is 0.588. The molecule has 0 aromatic heterocycles. The number of hydrogen-bond acceptors (Lipinski definition) is 4. The number of nitrogens with one attached hydrogen (secondary N) is 2. The third kappa shape index (κ3) is 5.50. The van der Waals surface area contributed by atoms with Gasteiger partial charge < -0.3 is 5.32 Å². The predicted octanol–water partition coefficient (Wildman–Crippen LogP) is 2.45. The van der Waals surface area contributed by atoms with Crippen LogP contribution in [0.2, 0.25) is 0 Å². The van der Waals surface area contributed by atoms with Crippen LogP contribution < -0.4 is 10.0 Å². The summed E-state index contributed by atoms with van der Waals surface area (Å²) in [6.45, 7) is 1.90. The Bertz CT molecular complexity index is 638. The highest BCUT2D eigenvalue weighted by atomic mass is 32.2. The zero-order valence-electron chi connectivity index (χ0n) is 14.2. The summed E-state index contributed by atoms with van der Waals surface area (Å²) in [5.41, 5.74) is 0.992. The highest BCUT2D eigenvalue weighted by molar-refractivity contribution is 7.98. The molecule has 0 saturated heterocycles. The van der Waals surface area contributed by atoms with Gasteiger partial charge in [0.1, 0.15) is 6.04 Å². The molecule has 1 atom stereocenters. The number of carbonyl (C=O) groups is 1. The molecule has 134 valence electrons. The summed E-state index contributed by atoms with van der Waals surface area (Å²) in [6.07, 6.45) is 6.62. The van der Waals surface area contributed by atoms with Crippen LogP contribution in [0.5, 0.6) is 0 Å². The van der Waals surface area contributed by atoms with Gasteiger partial charge in [-0.1, -0.05) is 30.5 Å². The molecule has 2 rings (SSSR count). The molecule has 0 spiro atoms. The standard InChI is InChI=1S/C17H26N2O3S2/c1-13-7-9-15(10-8-13)24(21,22)19-16(11-12-23-2)17(20)18-14-5-3-4-6-14/h7-10,14,16,19H,3-6,11-12H2,1-2H3,(H,18,20). The Morgan fingerprint density at radius 3 is 2.46 bits per heavy atom. The van der Waals surface area contributed by atoms with Crippen LogP contribution in [0.25, 0.3) is 0 Å². The number of amides is 1. The second-order valence-electron chi connectivity index (χ2n) is 6.26. The molecule has 7 heteroatoms. The first-order chi connectivity index (χ1) is 11.4. The lowest BCUT2D eigenvalue weighted by Gasteiger charge is -2.21. The van der Waals surface area contributed by atoms with Gasteiger partial charge >= 0.3 is 0 Å². The number of hydrogen-bond donors (Lipinski definition) is 2. The maximum absolute atomic E-state index is 12.6. The Morgan fingerprint density at radius 2 is 1.88 bits per heavy atom. The van der Waals surface area contributed by atoms with E-state index in [-0.39, 0.29) is 16.8 Å². The minimum absolute atomic E-state index is 0.179. The van der Waals surface area contributed by atoms with Crippen molar-refractivity contribution in [3.8, 4) is 0 Å². The minimum Gasteiger partial charge on any atom is -0.352 e. The van der Waals surface area contributed by atoms with Crippen molar-refractivity contribution in [1.82, 2.24) is 10.0 Å². The largest absolute Gasteiger partial charge is 0.352 e. The monoisotopic (exact) mass is 370 g/mol. The van der Waals surface area contributed by atoms with Gasteiger partial charge in [-0.05, 0) is 50.3 Å². The van der Waals surface area contributed by atoms with Gasteiger partial charge in [0, 0.05) is 6.04 Å². The van der Waals surface area contributed by atoms with Crippen molar-refractivity contribution in [3.05, 3.63) is 29.8 Å². The average molecular weight is 371 g/mol. The van der Waals surface area contributed by atoms with E-state index in [0.29, 0.717) is 6.42 Å². The lowest BCUT2D eigenvalue weighted by Crippen LogP contribution is -2.49.